The van der Waals surface area contributed by atoms with Crippen LogP contribution < -0.4 is 15.4 Å². The van der Waals surface area contributed by atoms with Crippen molar-refractivity contribution in [1.82, 2.24) is 4.89 Å². The fourth-order valence-electron chi connectivity index (χ4n) is 1.70. The van der Waals surface area contributed by atoms with E-state index in [9.17, 15) is 31.2 Å². The molecule has 0 bridgehead atoms. The monoisotopic (exact) mass is 408 g/mol. The summed E-state index contributed by atoms with van der Waals surface area (Å²) in [6.07, 6.45) is -5.31. The van der Waals surface area contributed by atoms with E-state index in [2.05, 4.69) is 10.6 Å². The molecule has 0 spiro atoms. The van der Waals surface area contributed by atoms with Gasteiger partial charge in [0.2, 0.25) is 5.91 Å². The number of carbonyl (C=O) groups excluding carboxylic acids is 2. The second-order valence-electron chi connectivity index (χ2n) is 4.96. The molecule has 0 unspecified atom stereocenters. The average molecular weight is 408 g/mol. The van der Waals surface area contributed by atoms with Crippen molar-refractivity contribution in [3.05, 3.63) is 36.4 Å². The van der Waals surface area contributed by atoms with Crippen molar-refractivity contribution in [2.75, 3.05) is 7.11 Å². The maximum atomic E-state index is 12.0. The molecule has 0 aromatic heterocycles. The lowest BCUT2D eigenvalue weighted by Gasteiger charge is -2.09. The Morgan fingerprint density at radius 1 is 1.07 bits per heavy atom. The third-order valence-corrected chi connectivity index (χ3v) is 3.98. The van der Waals surface area contributed by atoms with Crippen LogP contribution >= 0.6 is 0 Å². The van der Waals surface area contributed by atoms with Gasteiger partial charge in [0.25, 0.3) is 10.0 Å². The van der Waals surface area contributed by atoms with Crippen molar-refractivity contribution < 1.29 is 40.8 Å². The molecule has 8 nitrogen and oxygen atoms in total. The highest BCUT2D eigenvalue weighted by molar-refractivity contribution is 7.89. The van der Waals surface area contributed by atoms with Crippen LogP contribution in [0.15, 0.2) is 41.3 Å². The first-order valence-corrected chi connectivity index (χ1v) is 8.49. The molecule has 2 aromatic carbocycles. The first kappa shape index (κ1) is 22.2. The van der Waals surface area contributed by atoms with Crippen LogP contribution in [0, 0.1) is 0 Å². The molecular weight excluding hydrogens is 393 g/mol. The third kappa shape index (κ3) is 6.75. The van der Waals surface area contributed by atoms with Crippen molar-refractivity contribution in [3.8, 4) is 5.75 Å². The average Bonchev–Trinajstić information content (AvgIpc) is 2.57. The number of methoxy groups -OCH3 is 1. The summed E-state index contributed by atoms with van der Waals surface area (Å²) >= 11 is 0. The third-order valence-electron chi connectivity index (χ3n) is 2.80. The van der Waals surface area contributed by atoms with Gasteiger partial charge in [-0.2, -0.15) is 13.2 Å². The molecule has 0 saturated carbocycles. The lowest BCUT2D eigenvalue weighted by atomic mass is 10.1. The van der Waals surface area contributed by atoms with Gasteiger partial charge in [-0.15, -0.1) is 0 Å². The van der Waals surface area contributed by atoms with Gasteiger partial charge in [-0.3, -0.25) is 4.79 Å². The highest BCUT2D eigenvalue weighted by atomic mass is 32.2. The minimum Gasteiger partial charge on any atom is -0.497 e. The largest absolute Gasteiger partial charge is 0.497 e. The topological polar surface area (TPSA) is 125 Å². The van der Waals surface area contributed by atoms with Gasteiger partial charge in [-0.25, -0.2) is 13.2 Å². The summed E-state index contributed by atoms with van der Waals surface area (Å²) in [4.78, 5) is 24.1. The summed E-state index contributed by atoms with van der Waals surface area (Å²) in [7, 11) is -3.03. The van der Waals surface area contributed by atoms with Crippen molar-refractivity contribution >= 4 is 32.7 Å². The molecule has 27 heavy (non-hydrogen) atoms. The molecule has 0 heterocycles. The Hall–Kier alpha value is -2.86. The molecule has 148 valence electrons. The van der Waals surface area contributed by atoms with Crippen LogP contribution in [0.3, 0.4) is 0 Å². The highest BCUT2D eigenvalue weighted by Gasteiger charge is 2.42. The number of primary amides is 1. The smallest absolute Gasteiger partial charge is 0.492 e. The number of nitrogens with one attached hydrogen (secondary N) is 1. The van der Waals surface area contributed by atoms with Crippen LogP contribution in [0.25, 0.3) is 10.8 Å². The van der Waals surface area contributed by atoms with E-state index in [-0.39, 0.29) is 10.8 Å². The Balaban J connectivity index is 0.000000828. The highest BCUT2D eigenvalue weighted by Crippen LogP contribution is 2.24. The van der Waals surface area contributed by atoms with Gasteiger partial charge in [-0.05, 0) is 39.9 Å². The van der Waals surface area contributed by atoms with E-state index < -0.39 is 22.2 Å². The Morgan fingerprint density at radius 2 is 1.63 bits per heavy atom. The van der Waals surface area contributed by atoms with Crippen molar-refractivity contribution in [3.63, 3.8) is 0 Å². The van der Waals surface area contributed by atoms with Gasteiger partial charge in [0.05, 0.1) is 12.0 Å². The number of fused-ring (bicyclic) bond motifs is 1. The van der Waals surface area contributed by atoms with Gasteiger partial charge in [0, 0.05) is 6.92 Å². The van der Waals surface area contributed by atoms with Crippen LogP contribution in [-0.2, 0) is 24.4 Å². The van der Waals surface area contributed by atoms with Crippen LogP contribution in [0.2, 0.25) is 0 Å². The molecule has 0 aliphatic rings. The summed E-state index contributed by atoms with van der Waals surface area (Å²) in [5, 5.41) is 1.17. The number of benzene rings is 2. The normalized spacial score (nSPS) is 11.3. The predicted molar refractivity (Wildman–Crippen MR) is 87.8 cm³/mol. The zero-order valence-corrected chi connectivity index (χ0v) is 14.8. The molecule has 12 heteroatoms. The second kappa shape index (κ2) is 8.68. The number of sulfonamides is 1. The molecule has 2 aromatic rings. The lowest BCUT2D eigenvalue weighted by molar-refractivity contribution is -0.203. The molecule has 0 atom stereocenters. The fourth-order valence-corrected chi connectivity index (χ4v) is 2.51. The molecule has 0 saturated heterocycles. The Labute approximate surface area is 152 Å². The molecule has 3 N–H and O–H groups in total. The molecular formula is C15H15F3N2O6S. The number of hydrogen-bond acceptors (Lipinski definition) is 6. The molecule has 0 aliphatic heterocycles. The number of alkyl halides is 3. The Bertz CT molecular complexity index is 940. The lowest BCUT2D eigenvalue weighted by Crippen LogP contribution is -2.34. The first-order chi connectivity index (χ1) is 12.4. The van der Waals surface area contributed by atoms with Gasteiger partial charge in [0.15, 0.2) is 0 Å². The Kier molecular flexibility index (Phi) is 7.13. The van der Waals surface area contributed by atoms with E-state index in [1.165, 1.54) is 32.2 Å². The second-order valence-corrected chi connectivity index (χ2v) is 6.60. The van der Waals surface area contributed by atoms with Crippen molar-refractivity contribution in [2.24, 2.45) is 5.73 Å². The van der Waals surface area contributed by atoms with E-state index >= 15 is 0 Å². The summed E-state index contributed by atoms with van der Waals surface area (Å²) in [6.45, 7) is 1.31. The van der Waals surface area contributed by atoms with Crippen LogP contribution in [0.1, 0.15) is 6.92 Å². The fraction of sp³-hybridized carbons (Fsp3) is 0.200. The van der Waals surface area contributed by atoms with Crippen LogP contribution in [0.5, 0.6) is 5.75 Å². The number of rotatable bonds is 4. The van der Waals surface area contributed by atoms with Gasteiger partial charge in [0.1, 0.15) is 5.75 Å². The SMILES string of the molecule is CC(N)=O.COc1ccc2ccc(S(=O)(=O)NOC(=O)C(F)(F)F)cc2c1. The standard InChI is InChI=1S/C13H10F3NO5S.C2H5NO/c1-21-10-4-2-8-3-5-11(7-9(8)6-10)23(19,20)17-22-12(18)13(14,15)16;1-2(3)4/h2-7,17H,1H3;1H3,(H2,3,4). The minimum absolute atomic E-state index is 0.333. The number of halogens is 3. The molecule has 1 amide bonds. The van der Waals surface area contributed by atoms with E-state index in [1.807, 2.05) is 0 Å². The van der Waals surface area contributed by atoms with E-state index in [0.29, 0.717) is 16.5 Å². The van der Waals surface area contributed by atoms with Crippen molar-refractivity contribution in [2.45, 2.75) is 18.0 Å². The van der Waals surface area contributed by atoms with E-state index in [4.69, 9.17) is 4.74 Å². The summed E-state index contributed by atoms with van der Waals surface area (Å²) in [5.74, 6) is -2.52. The molecule has 0 radical (unpaired) electrons. The molecule has 0 fully saturated rings. The zero-order chi connectivity index (χ0) is 20.8. The first-order valence-electron chi connectivity index (χ1n) is 7.00. The quantitative estimate of drug-likeness (QED) is 0.741. The van der Waals surface area contributed by atoms with Gasteiger partial charge < -0.3 is 15.3 Å². The predicted octanol–water partition coefficient (Wildman–Crippen LogP) is 1.64. The summed E-state index contributed by atoms with van der Waals surface area (Å²) in [5.41, 5.74) is 4.47. The van der Waals surface area contributed by atoms with E-state index in [1.54, 1.807) is 18.2 Å². The number of ether oxygens (including phenoxy) is 1. The number of nitrogens with two attached hydrogens (primary N) is 1. The number of hydrogen-bond donors (Lipinski definition) is 2. The molecule has 2 rings (SSSR count). The number of amides is 1. The zero-order valence-electron chi connectivity index (χ0n) is 14.0. The van der Waals surface area contributed by atoms with Crippen molar-refractivity contribution in [1.29, 1.82) is 0 Å². The van der Waals surface area contributed by atoms with Crippen LogP contribution in [0.4, 0.5) is 13.2 Å². The van der Waals surface area contributed by atoms with Crippen LogP contribution in [-0.4, -0.2) is 33.6 Å². The summed E-state index contributed by atoms with van der Waals surface area (Å²) < 4.78 is 64.7. The summed E-state index contributed by atoms with van der Waals surface area (Å²) in [6, 6.07) is 8.73. The minimum atomic E-state index is -5.31. The maximum absolute atomic E-state index is 12.0. The molecule has 0 aliphatic carbocycles. The number of carbonyl (C=O) groups is 2. The van der Waals surface area contributed by atoms with Gasteiger partial charge >= 0.3 is 12.1 Å². The van der Waals surface area contributed by atoms with Gasteiger partial charge in [-0.1, -0.05) is 12.1 Å². The maximum Gasteiger partial charge on any atom is 0.492 e. The van der Waals surface area contributed by atoms with E-state index in [0.717, 1.165) is 4.89 Å². The Morgan fingerprint density at radius 3 is 2.15 bits per heavy atom.